The van der Waals surface area contributed by atoms with Crippen molar-refractivity contribution >= 4 is 5.97 Å². The molecule has 0 saturated carbocycles. The summed E-state index contributed by atoms with van der Waals surface area (Å²) < 4.78 is 0. The zero-order valence-electron chi connectivity index (χ0n) is 27.1. The summed E-state index contributed by atoms with van der Waals surface area (Å²) >= 11 is 0. The highest BCUT2D eigenvalue weighted by molar-refractivity contribution is 5.85. The molecule has 39 heavy (non-hydrogen) atoms. The molecule has 0 aromatic rings. The largest absolute Gasteiger partial charge is 0.478 e. The van der Waals surface area contributed by atoms with Crippen molar-refractivity contribution in [2.24, 2.45) is 0 Å². The molecule has 0 spiro atoms. The number of carboxylic acids is 1. The van der Waals surface area contributed by atoms with Crippen LogP contribution < -0.4 is 0 Å². The molecule has 0 aromatic carbocycles. The lowest BCUT2D eigenvalue weighted by molar-refractivity contribution is -0.132. The molecule has 0 aliphatic carbocycles. The maximum Gasteiger partial charge on any atom is 0.330 e. The summed E-state index contributed by atoms with van der Waals surface area (Å²) in [7, 11) is 0. The van der Waals surface area contributed by atoms with Crippen LogP contribution in [0.25, 0.3) is 0 Å². The summed E-state index contributed by atoms with van der Waals surface area (Å²) in [5, 5.41) is 8.83. The average Bonchev–Trinajstić information content (AvgIpc) is 2.93. The van der Waals surface area contributed by atoms with E-state index >= 15 is 0 Å². The fraction of sp³-hybridized carbons (Fsp3) is 0.919. The zero-order chi connectivity index (χ0) is 28.5. The minimum absolute atomic E-state index is 0.487. The minimum Gasteiger partial charge on any atom is -0.478 e. The van der Waals surface area contributed by atoms with E-state index in [-0.39, 0.29) is 0 Å². The van der Waals surface area contributed by atoms with E-state index in [2.05, 4.69) is 6.92 Å². The third-order valence-electron chi connectivity index (χ3n) is 8.60. The van der Waals surface area contributed by atoms with Crippen molar-refractivity contribution in [3.8, 4) is 0 Å². The standard InChI is InChI=1S/C37H72O2/c1-3-4-5-6-7-8-9-10-11-12-13-14-15-16-17-18-19-20-21-22-23-24-25-26-27-28-29-30-31-32-33-34-35-36(2)37(38)39/h35H,3-34H2,1-2H3,(H,38,39). The number of aliphatic carboxylic acids is 1. The van der Waals surface area contributed by atoms with Gasteiger partial charge in [0.15, 0.2) is 0 Å². The first-order valence-corrected chi connectivity index (χ1v) is 18.1. The molecular formula is C37H72O2. The summed E-state index contributed by atoms with van der Waals surface area (Å²) in [6, 6.07) is 0. The van der Waals surface area contributed by atoms with Gasteiger partial charge >= 0.3 is 5.97 Å². The van der Waals surface area contributed by atoms with Gasteiger partial charge < -0.3 is 5.11 Å². The Kier molecular flexibility index (Phi) is 32.7. The predicted molar refractivity (Wildman–Crippen MR) is 175 cm³/mol. The van der Waals surface area contributed by atoms with Gasteiger partial charge in [-0.05, 0) is 19.8 Å². The zero-order valence-corrected chi connectivity index (χ0v) is 27.1. The van der Waals surface area contributed by atoms with Crippen molar-refractivity contribution < 1.29 is 9.90 Å². The van der Waals surface area contributed by atoms with E-state index in [1.165, 1.54) is 193 Å². The lowest BCUT2D eigenvalue weighted by atomic mass is 10.0. The van der Waals surface area contributed by atoms with Gasteiger partial charge in [-0.2, -0.15) is 0 Å². The van der Waals surface area contributed by atoms with Crippen LogP contribution in [0, 0.1) is 0 Å². The highest BCUT2D eigenvalue weighted by Crippen LogP contribution is 2.17. The number of unbranched alkanes of at least 4 members (excludes halogenated alkanes) is 31. The smallest absolute Gasteiger partial charge is 0.330 e. The van der Waals surface area contributed by atoms with Crippen molar-refractivity contribution in [1.82, 2.24) is 0 Å². The Hall–Kier alpha value is -0.790. The molecule has 0 saturated heterocycles. The number of hydrogen-bond acceptors (Lipinski definition) is 1. The van der Waals surface area contributed by atoms with Gasteiger partial charge in [-0.15, -0.1) is 0 Å². The monoisotopic (exact) mass is 549 g/mol. The summed E-state index contributed by atoms with van der Waals surface area (Å²) in [5.41, 5.74) is 0.487. The molecule has 2 heteroatoms. The maximum atomic E-state index is 10.7. The van der Waals surface area contributed by atoms with Crippen molar-refractivity contribution in [2.45, 2.75) is 219 Å². The molecule has 0 bridgehead atoms. The van der Waals surface area contributed by atoms with Crippen molar-refractivity contribution in [3.63, 3.8) is 0 Å². The van der Waals surface area contributed by atoms with Crippen LogP contribution >= 0.6 is 0 Å². The van der Waals surface area contributed by atoms with E-state index in [9.17, 15) is 4.79 Å². The minimum atomic E-state index is -0.782. The van der Waals surface area contributed by atoms with Crippen LogP contribution in [0.15, 0.2) is 11.6 Å². The lowest BCUT2D eigenvalue weighted by Gasteiger charge is -2.04. The van der Waals surface area contributed by atoms with E-state index in [4.69, 9.17) is 5.11 Å². The first-order valence-electron chi connectivity index (χ1n) is 18.1. The third-order valence-corrected chi connectivity index (χ3v) is 8.60. The molecule has 232 valence electrons. The van der Waals surface area contributed by atoms with Gasteiger partial charge in [-0.3, -0.25) is 0 Å². The van der Waals surface area contributed by atoms with E-state index in [1.807, 2.05) is 6.08 Å². The van der Waals surface area contributed by atoms with E-state index in [1.54, 1.807) is 6.92 Å². The van der Waals surface area contributed by atoms with Crippen LogP contribution in [0.2, 0.25) is 0 Å². The second-order valence-electron chi connectivity index (χ2n) is 12.6. The summed E-state index contributed by atoms with van der Waals surface area (Å²) in [6.45, 7) is 3.99. The maximum absolute atomic E-state index is 10.7. The molecule has 0 aliphatic rings. The molecule has 0 rings (SSSR count). The van der Waals surface area contributed by atoms with Crippen LogP contribution in [-0.4, -0.2) is 11.1 Å². The highest BCUT2D eigenvalue weighted by Gasteiger charge is 1.99. The number of carbonyl (C=O) groups is 1. The molecule has 0 amide bonds. The number of rotatable bonds is 33. The Morgan fingerprint density at radius 3 is 0.821 bits per heavy atom. The fourth-order valence-corrected chi connectivity index (χ4v) is 5.75. The molecule has 0 aliphatic heterocycles. The summed E-state index contributed by atoms with van der Waals surface area (Å²) in [5.74, 6) is -0.782. The molecule has 0 unspecified atom stereocenters. The van der Waals surface area contributed by atoms with Crippen LogP contribution in [0.1, 0.15) is 219 Å². The van der Waals surface area contributed by atoms with Crippen LogP contribution in [-0.2, 0) is 4.79 Å². The van der Waals surface area contributed by atoms with E-state index in [0.717, 1.165) is 12.8 Å². The molecule has 0 atom stereocenters. The SMILES string of the molecule is CCCCCCCCCCCCCCCCCCCCCCCCCCCCCCCCCC=C(C)C(=O)O. The number of allylic oxidation sites excluding steroid dienone is 1. The predicted octanol–water partition coefficient (Wildman–Crippen LogP) is 13.5. The summed E-state index contributed by atoms with van der Waals surface area (Å²) in [4.78, 5) is 10.7. The average molecular weight is 549 g/mol. The van der Waals surface area contributed by atoms with Gasteiger partial charge in [0.2, 0.25) is 0 Å². The Balaban J connectivity index is 3.08. The Morgan fingerprint density at radius 1 is 0.410 bits per heavy atom. The van der Waals surface area contributed by atoms with Crippen LogP contribution in [0.5, 0.6) is 0 Å². The molecule has 2 nitrogen and oxygen atoms in total. The first-order chi connectivity index (χ1) is 19.2. The Morgan fingerprint density at radius 2 is 0.615 bits per heavy atom. The van der Waals surface area contributed by atoms with Gasteiger partial charge in [0.05, 0.1) is 0 Å². The molecule has 0 fully saturated rings. The third kappa shape index (κ3) is 33.3. The Labute approximate surface area is 246 Å². The van der Waals surface area contributed by atoms with Crippen molar-refractivity contribution in [3.05, 3.63) is 11.6 Å². The van der Waals surface area contributed by atoms with Crippen LogP contribution in [0.4, 0.5) is 0 Å². The second kappa shape index (κ2) is 33.4. The van der Waals surface area contributed by atoms with Crippen LogP contribution in [0.3, 0.4) is 0 Å². The lowest BCUT2D eigenvalue weighted by Crippen LogP contribution is -1.95. The molecular weight excluding hydrogens is 476 g/mol. The highest BCUT2D eigenvalue weighted by atomic mass is 16.4. The molecule has 1 N–H and O–H groups in total. The number of hydrogen-bond donors (Lipinski definition) is 1. The number of carboxylic acid groups (broad SMARTS) is 1. The quantitative estimate of drug-likeness (QED) is 0.0654. The van der Waals surface area contributed by atoms with Gasteiger partial charge in [0.25, 0.3) is 0 Å². The second-order valence-corrected chi connectivity index (χ2v) is 12.6. The fourth-order valence-electron chi connectivity index (χ4n) is 5.75. The first kappa shape index (κ1) is 38.2. The van der Waals surface area contributed by atoms with Gasteiger partial charge in [-0.1, -0.05) is 206 Å². The molecule has 0 radical (unpaired) electrons. The Bertz CT molecular complexity index is 510. The molecule has 0 aromatic heterocycles. The molecule has 0 heterocycles. The van der Waals surface area contributed by atoms with E-state index in [0.29, 0.717) is 5.57 Å². The summed E-state index contributed by atoms with van der Waals surface area (Å²) in [6.07, 6.45) is 47.1. The van der Waals surface area contributed by atoms with Gasteiger partial charge in [0.1, 0.15) is 0 Å². The van der Waals surface area contributed by atoms with Gasteiger partial charge in [0, 0.05) is 5.57 Å². The van der Waals surface area contributed by atoms with Crippen molar-refractivity contribution in [1.29, 1.82) is 0 Å². The van der Waals surface area contributed by atoms with E-state index < -0.39 is 5.97 Å². The normalized spacial score (nSPS) is 11.9. The van der Waals surface area contributed by atoms with Crippen molar-refractivity contribution in [2.75, 3.05) is 0 Å². The van der Waals surface area contributed by atoms with Gasteiger partial charge in [-0.25, -0.2) is 4.79 Å². The topological polar surface area (TPSA) is 37.3 Å².